The van der Waals surface area contributed by atoms with Gasteiger partial charge in [0.2, 0.25) is 5.91 Å². The van der Waals surface area contributed by atoms with Crippen molar-refractivity contribution in [3.8, 4) is 0 Å². The van der Waals surface area contributed by atoms with Crippen LogP contribution in [-0.2, 0) is 0 Å². The number of carbonyl (C=O) groups is 1. The van der Waals surface area contributed by atoms with Gasteiger partial charge in [0.05, 0.1) is 6.04 Å². The first-order valence-electron chi connectivity index (χ1n) is 5.01. The summed E-state index contributed by atoms with van der Waals surface area (Å²) in [6.45, 7) is 1.02. The number of aromatic nitrogens is 2. The second-order valence-electron chi connectivity index (χ2n) is 3.80. The lowest BCUT2D eigenvalue weighted by atomic mass is 10.0. The highest BCUT2D eigenvalue weighted by Gasteiger charge is 2.26. The standard InChI is InChI=1S/C10H15N3O/c1-12-6-3-2-4-9(12)10(14)13-7-5-11-8-13/h5,7-9H,2-4,6H2,1H3. The maximum atomic E-state index is 12.0. The van der Waals surface area contributed by atoms with Gasteiger partial charge >= 0.3 is 0 Å². The van der Waals surface area contributed by atoms with Crippen molar-refractivity contribution in [2.24, 2.45) is 0 Å². The topological polar surface area (TPSA) is 38.1 Å². The van der Waals surface area contributed by atoms with Crippen molar-refractivity contribution < 1.29 is 4.79 Å². The summed E-state index contributed by atoms with van der Waals surface area (Å²) in [5.74, 6) is 0.143. The van der Waals surface area contributed by atoms with E-state index in [9.17, 15) is 4.79 Å². The number of likely N-dealkylation sites (tertiary alicyclic amines) is 1. The summed E-state index contributed by atoms with van der Waals surface area (Å²) in [6.07, 6.45) is 8.24. The van der Waals surface area contributed by atoms with Gasteiger partial charge in [-0.2, -0.15) is 0 Å². The highest BCUT2D eigenvalue weighted by Crippen LogP contribution is 2.16. The monoisotopic (exact) mass is 193 g/mol. The number of nitrogens with zero attached hydrogens (tertiary/aromatic N) is 3. The number of imidazole rings is 1. The molecule has 4 heteroatoms. The van der Waals surface area contributed by atoms with Crippen LogP contribution in [0.25, 0.3) is 0 Å². The molecule has 76 valence electrons. The molecule has 2 heterocycles. The van der Waals surface area contributed by atoms with E-state index in [2.05, 4.69) is 9.88 Å². The molecule has 1 aliphatic rings. The number of piperidine rings is 1. The lowest BCUT2D eigenvalue weighted by Gasteiger charge is -2.30. The van der Waals surface area contributed by atoms with E-state index >= 15 is 0 Å². The average molecular weight is 193 g/mol. The minimum atomic E-state index is 0.0398. The summed E-state index contributed by atoms with van der Waals surface area (Å²) in [7, 11) is 2.01. The molecule has 0 aliphatic carbocycles. The van der Waals surface area contributed by atoms with Crippen LogP contribution in [-0.4, -0.2) is 40.0 Å². The molecular weight excluding hydrogens is 178 g/mol. The van der Waals surface area contributed by atoms with Gasteiger partial charge in [0.15, 0.2) is 0 Å². The first-order chi connectivity index (χ1) is 6.79. The van der Waals surface area contributed by atoms with Crippen LogP contribution in [0, 0.1) is 0 Å². The zero-order chi connectivity index (χ0) is 9.97. The molecule has 1 aromatic rings. The molecule has 0 N–H and O–H groups in total. The van der Waals surface area contributed by atoms with E-state index in [0.717, 1.165) is 19.4 Å². The normalized spacial score (nSPS) is 23.6. The molecule has 1 saturated heterocycles. The molecular formula is C10H15N3O. The van der Waals surface area contributed by atoms with Gasteiger partial charge in [0.1, 0.15) is 6.33 Å². The number of rotatable bonds is 1. The van der Waals surface area contributed by atoms with Crippen molar-refractivity contribution in [2.45, 2.75) is 25.3 Å². The fraction of sp³-hybridized carbons (Fsp3) is 0.600. The fourth-order valence-corrected chi connectivity index (χ4v) is 1.95. The van der Waals surface area contributed by atoms with Crippen molar-refractivity contribution in [1.29, 1.82) is 0 Å². The molecule has 1 aromatic heterocycles. The third-order valence-corrected chi connectivity index (χ3v) is 2.81. The molecule has 0 amide bonds. The van der Waals surface area contributed by atoms with Gasteiger partial charge in [0, 0.05) is 12.4 Å². The van der Waals surface area contributed by atoms with E-state index in [1.54, 1.807) is 23.3 Å². The predicted molar refractivity (Wildman–Crippen MR) is 53.1 cm³/mol. The van der Waals surface area contributed by atoms with E-state index in [0.29, 0.717) is 0 Å². The average Bonchev–Trinajstić information content (AvgIpc) is 2.70. The molecule has 2 rings (SSSR count). The molecule has 1 aliphatic heterocycles. The molecule has 0 bridgehead atoms. The lowest BCUT2D eigenvalue weighted by molar-refractivity contribution is 0.0709. The Labute approximate surface area is 83.5 Å². The Kier molecular flexibility index (Phi) is 2.63. The first kappa shape index (κ1) is 9.40. The highest BCUT2D eigenvalue weighted by molar-refractivity contribution is 5.84. The zero-order valence-corrected chi connectivity index (χ0v) is 8.39. The van der Waals surface area contributed by atoms with E-state index in [1.807, 2.05) is 7.05 Å². The Bertz CT molecular complexity index is 307. The van der Waals surface area contributed by atoms with Crippen LogP contribution in [0.15, 0.2) is 18.7 Å². The van der Waals surface area contributed by atoms with Gasteiger partial charge in [-0.25, -0.2) is 4.98 Å². The second kappa shape index (κ2) is 3.92. The molecule has 0 radical (unpaired) electrons. The minimum Gasteiger partial charge on any atom is -0.295 e. The summed E-state index contributed by atoms with van der Waals surface area (Å²) in [4.78, 5) is 18.0. The fourth-order valence-electron chi connectivity index (χ4n) is 1.95. The van der Waals surface area contributed by atoms with Gasteiger partial charge in [-0.05, 0) is 26.4 Å². The van der Waals surface area contributed by atoms with Crippen LogP contribution in [0.1, 0.15) is 24.1 Å². The Morgan fingerprint density at radius 2 is 2.36 bits per heavy atom. The quantitative estimate of drug-likeness (QED) is 0.668. The van der Waals surface area contributed by atoms with Gasteiger partial charge in [-0.3, -0.25) is 14.3 Å². The minimum absolute atomic E-state index is 0.0398. The van der Waals surface area contributed by atoms with E-state index < -0.39 is 0 Å². The van der Waals surface area contributed by atoms with Crippen LogP contribution in [0.2, 0.25) is 0 Å². The Balaban J connectivity index is 2.10. The first-order valence-corrected chi connectivity index (χ1v) is 5.01. The van der Waals surface area contributed by atoms with Crippen molar-refractivity contribution in [1.82, 2.24) is 14.5 Å². The molecule has 4 nitrogen and oxygen atoms in total. The largest absolute Gasteiger partial charge is 0.295 e. The SMILES string of the molecule is CN1CCCCC1C(=O)n1ccnc1. The predicted octanol–water partition coefficient (Wildman–Crippen LogP) is 1.01. The molecule has 14 heavy (non-hydrogen) atoms. The summed E-state index contributed by atoms with van der Waals surface area (Å²) in [5.41, 5.74) is 0. The van der Waals surface area contributed by atoms with Crippen molar-refractivity contribution in [3.63, 3.8) is 0 Å². The van der Waals surface area contributed by atoms with Crippen LogP contribution in [0.5, 0.6) is 0 Å². The van der Waals surface area contributed by atoms with Gasteiger partial charge in [-0.1, -0.05) is 6.42 Å². The van der Waals surface area contributed by atoms with Crippen LogP contribution < -0.4 is 0 Å². The number of likely N-dealkylation sites (N-methyl/N-ethyl adjacent to an activating group) is 1. The molecule has 1 unspecified atom stereocenters. The summed E-state index contributed by atoms with van der Waals surface area (Å²) in [5, 5.41) is 0. The van der Waals surface area contributed by atoms with E-state index in [-0.39, 0.29) is 11.9 Å². The van der Waals surface area contributed by atoms with Crippen molar-refractivity contribution in [2.75, 3.05) is 13.6 Å². The Morgan fingerprint density at radius 1 is 1.50 bits per heavy atom. The lowest BCUT2D eigenvalue weighted by Crippen LogP contribution is -2.43. The van der Waals surface area contributed by atoms with Crippen molar-refractivity contribution >= 4 is 5.91 Å². The molecule has 0 saturated carbocycles. The molecule has 1 fully saturated rings. The number of hydrogen-bond donors (Lipinski definition) is 0. The van der Waals surface area contributed by atoms with E-state index in [4.69, 9.17) is 0 Å². The van der Waals surface area contributed by atoms with E-state index in [1.165, 1.54) is 6.42 Å². The third-order valence-electron chi connectivity index (χ3n) is 2.81. The summed E-state index contributed by atoms with van der Waals surface area (Å²) >= 11 is 0. The molecule has 0 aromatic carbocycles. The smallest absolute Gasteiger partial charge is 0.249 e. The maximum absolute atomic E-state index is 12.0. The van der Waals surface area contributed by atoms with Crippen LogP contribution in [0.4, 0.5) is 0 Å². The number of carbonyl (C=O) groups excluding carboxylic acids is 1. The summed E-state index contributed by atoms with van der Waals surface area (Å²) < 4.78 is 1.58. The van der Waals surface area contributed by atoms with Gasteiger partial charge in [0.25, 0.3) is 0 Å². The van der Waals surface area contributed by atoms with Crippen LogP contribution in [0.3, 0.4) is 0 Å². The molecule has 1 atom stereocenters. The second-order valence-corrected chi connectivity index (χ2v) is 3.80. The third kappa shape index (κ3) is 1.70. The van der Waals surface area contributed by atoms with Crippen LogP contribution >= 0.6 is 0 Å². The zero-order valence-electron chi connectivity index (χ0n) is 8.39. The Hall–Kier alpha value is -1.16. The highest BCUT2D eigenvalue weighted by atomic mass is 16.2. The van der Waals surface area contributed by atoms with Crippen molar-refractivity contribution in [3.05, 3.63) is 18.7 Å². The molecule has 0 spiro atoms. The summed E-state index contributed by atoms with van der Waals surface area (Å²) in [6, 6.07) is 0.0398. The van der Waals surface area contributed by atoms with Gasteiger partial charge < -0.3 is 0 Å². The number of hydrogen-bond acceptors (Lipinski definition) is 3. The maximum Gasteiger partial charge on any atom is 0.249 e. The Morgan fingerprint density at radius 3 is 3.00 bits per heavy atom. The van der Waals surface area contributed by atoms with Gasteiger partial charge in [-0.15, -0.1) is 0 Å².